The lowest BCUT2D eigenvalue weighted by atomic mass is 10.2. The van der Waals surface area contributed by atoms with Gasteiger partial charge in [0.25, 0.3) is 0 Å². The van der Waals surface area contributed by atoms with Crippen molar-refractivity contribution in [3.8, 4) is 11.5 Å². The van der Waals surface area contributed by atoms with Crippen LogP contribution in [0.25, 0.3) is 0 Å². The van der Waals surface area contributed by atoms with Crippen LogP contribution in [0.2, 0.25) is 0 Å². The molecule has 0 heterocycles. The molecule has 0 aliphatic rings. The van der Waals surface area contributed by atoms with E-state index >= 15 is 0 Å². The van der Waals surface area contributed by atoms with Crippen molar-refractivity contribution in [3.05, 3.63) is 59.7 Å². The molecule has 41 heavy (non-hydrogen) atoms. The molecule has 0 amide bonds. The van der Waals surface area contributed by atoms with Gasteiger partial charge in [-0.1, -0.05) is 25.2 Å². The van der Waals surface area contributed by atoms with E-state index in [9.17, 15) is 19.2 Å². The highest BCUT2D eigenvalue weighted by molar-refractivity contribution is 5.98. The lowest BCUT2D eigenvalue weighted by molar-refractivity contribution is -0.145. The van der Waals surface area contributed by atoms with Gasteiger partial charge in [-0.25, -0.2) is 9.59 Å². The maximum atomic E-state index is 11.5. The molecule has 6 N–H and O–H groups in total. The topological polar surface area (TPSA) is 222 Å². The Morgan fingerprint density at radius 1 is 0.610 bits per heavy atom. The molecule has 0 saturated carbocycles. The second kappa shape index (κ2) is 19.0. The van der Waals surface area contributed by atoms with E-state index in [1.54, 1.807) is 48.5 Å². The minimum atomic E-state index is -1.00. The number of carbonyl (C=O) groups excluding carboxylic acids is 2. The fourth-order valence-electron chi connectivity index (χ4n) is 2.77. The molecule has 224 valence electrons. The third kappa shape index (κ3) is 14.6. The maximum absolute atomic E-state index is 11.5. The van der Waals surface area contributed by atoms with E-state index in [0.29, 0.717) is 22.6 Å². The number of carboxylic acid groups (broad SMARTS) is 2. The number of amidine groups is 2. The standard InChI is InChI=1S/C25H28N4O10.2CH4/c26-24(28-38-22(34)5-1-3-20(30)31)16-7-11-18(12-8-16)36-15-37-19-13-9-17(10-14-19)25(27)29-39-23(35)6-2-4-21(32)33;;/h7-14H,1-6,15H2,(H2,26,28)(H2,27,29)(H,30,31)(H,32,33);2*1H4. The molecule has 0 radical (unpaired) electrons. The lowest BCUT2D eigenvalue weighted by Crippen LogP contribution is -2.15. The largest absolute Gasteiger partial charge is 0.481 e. The number of oxime groups is 2. The highest BCUT2D eigenvalue weighted by atomic mass is 16.7. The van der Waals surface area contributed by atoms with Crippen molar-refractivity contribution in [2.75, 3.05) is 6.79 Å². The maximum Gasteiger partial charge on any atom is 0.335 e. The van der Waals surface area contributed by atoms with E-state index < -0.39 is 23.9 Å². The molecule has 0 aliphatic heterocycles. The van der Waals surface area contributed by atoms with E-state index in [1.807, 2.05) is 0 Å². The number of hydrogen-bond donors (Lipinski definition) is 4. The Morgan fingerprint density at radius 3 is 1.27 bits per heavy atom. The molecule has 0 atom stereocenters. The number of carbonyl (C=O) groups is 4. The first-order chi connectivity index (χ1) is 18.6. The summed E-state index contributed by atoms with van der Waals surface area (Å²) >= 11 is 0. The van der Waals surface area contributed by atoms with Crippen molar-refractivity contribution >= 4 is 35.5 Å². The second-order valence-electron chi connectivity index (χ2n) is 7.83. The Hall–Kier alpha value is -5.14. The van der Waals surface area contributed by atoms with Crippen molar-refractivity contribution in [3.63, 3.8) is 0 Å². The molecule has 0 spiro atoms. The number of ether oxygens (including phenoxy) is 2. The summed E-state index contributed by atoms with van der Waals surface area (Å²) in [5, 5.41) is 24.2. The molecule has 2 aromatic carbocycles. The van der Waals surface area contributed by atoms with Crippen molar-refractivity contribution in [2.45, 2.75) is 53.4 Å². The molecule has 14 nitrogen and oxygen atoms in total. The number of nitrogens with two attached hydrogens (primary N) is 2. The summed E-state index contributed by atoms with van der Waals surface area (Å²) in [6.07, 6.45) is -0.196. The highest BCUT2D eigenvalue weighted by Gasteiger charge is 2.08. The van der Waals surface area contributed by atoms with E-state index in [0.717, 1.165) is 0 Å². The third-order valence-electron chi connectivity index (χ3n) is 4.79. The summed E-state index contributed by atoms with van der Waals surface area (Å²) in [5.41, 5.74) is 12.5. The second-order valence-corrected chi connectivity index (χ2v) is 7.83. The number of hydrogen-bond acceptors (Lipinski definition) is 10. The summed E-state index contributed by atoms with van der Waals surface area (Å²) in [6, 6.07) is 12.8. The van der Waals surface area contributed by atoms with Gasteiger partial charge in [0.2, 0.25) is 6.79 Å². The molecule has 0 aliphatic carbocycles. The predicted molar refractivity (Wildman–Crippen MR) is 149 cm³/mol. The Morgan fingerprint density at radius 2 is 0.951 bits per heavy atom. The zero-order valence-electron chi connectivity index (χ0n) is 20.8. The van der Waals surface area contributed by atoms with Crippen molar-refractivity contribution in [1.29, 1.82) is 0 Å². The molecule has 0 fully saturated rings. The van der Waals surface area contributed by atoms with Crippen LogP contribution in [0.15, 0.2) is 58.8 Å². The van der Waals surface area contributed by atoms with Gasteiger partial charge in [-0.3, -0.25) is 9.59 Å². The van der Waals surface area contributed by atoms with Gasteiger partial charge in [-0.15, -0.1) is 0 Å². The normalized spacial score (nSPS) is 10.8. The number of benzene rings is 2. The van der Waals surface area contributed by atoms with E-state index in [-0.39, 0.29) is 71.8 Å². The lowest BCUT2D eigenvalue weighted by Gasteiger charge is -2.09. The number of aliphatic carboxylic acids is 2. The average molecular weight is 577 g/mol. The Balaban J connectivity index is 0.00000800. The molecular weight excluding hydrogens is 540 g/mol. The average Bonchev–Trinajstić information content (AvgIpc) is 2.90. The van der Waals surface area contributed by atoms with Crippen molar-refractivity contribution in [1.82, 2.24) is 0 Å². The van der Waals surface area contributed by atoms with Gasteiger partial charge in [0, 0.05) is 36.8 Å². The zero-order chi connectivity index (χ0) is 28.6. The van der Waals surface area contributed by atoms with Gasteiger partial charge in [-0.2, -0.15) is 0 Å². The minimum Gasteiger partial charge on any atom is -0.481 e. The van der Waals surface area contributed by atoms with Crippen LogP contribution in [0.4, 0.5) is 0 Å². The van der Waals surface area contributed by atoms with Crippen molar-refractivity contribution in [2.24, 2.45) is 21.8 Å². The summed E-state index contributed by atoms with van der Waals surface area (Å²) in [6.45, 7) is -0.117. The Bertz CT molecular complexity index is 1100. The molecular formula is C27H36N4O10. The molecule has 14 heteroatoms. The van der Waals surface area contributed by atoms with Crippen LogP contribution in [-0.2, 0) is 28.9 Å². The van der Waals surface area contributed by atoms with E-state index in [1.165, 1.54) is 0 Å². The predicted octanol–water partition coefficient (Wildman–Crippen LogP) is 3.21. The minimum absolute atomic E-state index is 0. The zero-order valence-corrected chi connectivity index (χ0v) is 20.8. The fourth-order valence-corrected chi connectivity index (χ4v) is 2.77. The van der Waals surface area contributed by atoms with Crippen LogP contribution < -0.4 is 20.9 Å². The molecule has 0 bridgehead atoms. The molecule has 0 saturated heterocycles. The fraction of sp³-hybridized carbons (Fsp3) is 0.333. The number of nitrogens with zero attached hydrogens (tertiary/aromatic N) is 2. The van der Waals surface area contributed by atoms with Crippen LogP contribution >= 0.6 is 0 Å². The number of rotatable bonds is 16. The first-order valence-corrected chi connectivity index (χ1v) is 11.6. The monoisotopic (exact) mass is 576 g/mol. The smallest absolute Gasteiger partial charge is 0.335 e. The summed E-state index contributed by atoms with van der Waals surface area (Å²) in [5.74, 6) is -2.53. The van der Waals surface area contributed by atoms with Crippen LogP contribution in [0, 0.1) is 0 Å². The first-order valence-electron chi connectivity index (χ1n) is 11.6. The van der Waals surface area contributed by atoms with Crippen molar-refractivity contribution < 1.29 is 48.5 Å². The van der Waals surface area contributed by atoms with Crippen LogP contribution in [0.3, 0.4) is 0 Å². The third-order valence-corrected chi connectivity index (χ3v) is 4.79. The first kappa shape index (κ1) is 35.9. The van der Waals surface area contributed by atoms with Gasteiger partial charge >= 0.3 is 23.9 Å². The van der Waals surface area contributed by atoms with Gasteiger partial charge in [0.15, 0.2) is 11.7 Å². The molecule has 0 aromatic heterocycles. The molecule has 2 rings (SSSR count). The van der Waals surface area contributed by atoms with Gasteiger partial charge in [0.05, 0.1) is 0 Å². The summed E-state index contributed by atoms with van der Waals surface area (Å²) in [7, 11) is 0. The molecule has 2 aromatic rings. The quantitative estimate of drug-likeness (QED) is 0.0743. The SMILES string of the molecule is C.C.N/C(=N\OC(=O)CCCC(=O)O)c1ccc(OCOc2ccc(/C(N)=N/OC(=O)CCCC(=O)O)cc2)cc1. The number of carboxylic acids is 2. The highest BCUT2D eigenvalue weighted by Crippen LogP contribution is 2.15. The Kier molecular flexibility index (Phi) is 16.6. The van der Waals surface area contributed by atoms with Crippen LogP contribution in [0.5, 0.6) is 11.5 Å². The summed E-state index contributed by atoms with van der Waals surface area (Å²) in [4.78, 5) is 53.4. The van der Waals surface area contributed by atoms with E-state index in [4.69, 9.17) is 31.2 Å². The van der Waals surface area contributed by atoms with Crippen LogP contribution in [0.1, 0.15) is 64.5 Å². The van der Waals surface area contributed by atoms with Crippen LogP contribution in [-0.4, -0.2) is 52.6 Å². The molecule has 0 unspecified atom stereocenters. The summed E-state index contributed by atoms with van der Waals surface area (Å²) < 4.78 is 11.0. The van der Waals surface area contributed by atoms with E-state index in [2.05, 4.69) is 20.0 Å². The Labute approximate surface area is 237 Å². The van der Waals surface area contributed by atoms with Gasteiger partial charge in [0.1, 0.15) is 11.5 Å². The van der Waals surface area contributed by atoms with Gasteiger partial charge in [-0.05, 0) is 61.4 Å². The van der Waals surface area contributed by atoms with Gasteiger partial charge < -0.3 is 40.8 Å².